The monoisotopic (exact) mass is 144 g/mol. The van der Waals surface area contributed by atoms with Crippen LogP contribution in [0.5, 0.6) is 0 Å². The molecule has 0 amide bonds. The van der Waals surface area contributed by atoms with E-state index in [0.29, 0.717) is 6.42 Å². The van der Waals surface area contributed by atoms with Crippen LogP contribution in [0.25, 0.3) is 0 Å². The van der Waals surface area contributed by atoms with E-state index >= 15 is 0 Å². The summed E-state index contributed by atoms with van der Waals surface area (Å²) in [6.45, 7) is 2.20. The van der Waals surface area contributed by atoms with Gasteiger partial charge >= 0.3 is 0 Å². The van der Waals surface area contributed by atoms with Gasteiger partial charge in [-0.25, -0.2) is 0 Å². The fourth-order valence-electron chi connectivity index (χ4n) is 1.54. The predicted molar refractivity (Wildman–Crippen MR) is 39.7 cm³/mol. The average molecular weight is 144 g/mol. The molecule has 0 aromatic heterocycles. The molecular weight excluding hydrogens is 128 g/mol. The van der Waals surface area contributed by atoms with Crippen LogP contribution in [0, 0.1) is 5.41 Å². The summed E-state index contributed by atoms with van der Waals surface area (Å²) in [6.07, 6.45) is 3.73. The Hall–Kier alpha value is -0.0800. The molecule has 60 valence electrons. The SMILES string of the molecule is CC1([C@H](O)CCO)CCC1. The summed E-state index contributed by atoms with van der Waals surface area (Å²) in [7, 11) is 0. The number of aliphatic hydroxyl groups is 2. The van der Waals surface area contributed by atoms with Crippen molar-refractivity contribution in [2.45, 2.75) is 38.7 Å². The van der Waals surface area contributed by atoms with E-state index in [2.05, 4.69) is 6.92 Å². The van der Waals surface area contributed by atoms with E-state index in [4.69, 9.17) is 5.11 Å². The predicted octanol–water partition coefficient (Wildman–Crippen LogP) is 0.920. The van der Waals surface area contributed by atoms with E-state index in [9.17, 15) is 5.11 Å². The first-order valence-corrected chi connectivity index (χ1v) is 3.98. The number of hydrogen-bond donors (Lipinski definition) is 2. The van der Waals surface area contributed by atoms with Crippen LogP contribution in [0.4, 0.5) is 0 Å². The Balaban J connectivity index is 2.31. The molecule has 1 aliphatic rings. The maximum absolute atomic E-state index is 9.47. The van der Waals surface area contributed by atoms with Crippen LogP contribution in [0.2, 0.25) is 0 Å². The molecule has 0 spiro atoms. The van der Waals surface area contributed by atoms with E-state index in [0.717, 1.165) is 12.8 Å². The molecule has 2 nitrogen and oxygen atoms in total. The summed E-state index contributed by atoms with van der Waals surface area (Å²) in [5.41, 5.74) is 0.128. The fourth-order valence-corrected chi connectivity index (χ4v) is 1.54. The van der Waals surface area contributed by atoms with Gasteiger partial charge in [0, 0.05) is 6.61 Å². The zero-order valence-electron chi connectivity index (χ0n) is 6.51. The standard InChI is InChI=1S/C8H16O2/c1-8(4-2-5-8)7(10)3-6-9/h7,9-10H,2-6H2,1H3/t7-/m1/s1. The van der Waals surface area contributed by atoms with E-state index in [1.54, 1.807) is 0 Å². The van der Waals surface area contributed by atoms with Gasteiger partial charge in [0.15, 0.2) is 0 Å². The summed E-state index contributed by atoms with van der Waals surface area (Å²) in [6, 6.07) is 0. The summed E-state index contributed by atoms with van der Waals surface area (Å²) in [5.74, 6) is 0. The molecule has 1 atom stereocenters. The summed E-state index contributed by atoms with van der Waals surface area (Å²) >= 11 is 0. The zero-order chi connectivity index (χ0) is 7.61. The summed E-state index contributed by atoms with van der Waals surface area (Å²) < 4.78 is 0. The molecule has 0 radical (unpaired) electrons. The maximum Gasteiger partial charge on any atom is 0.0615 e. The lowest BCUT2D eigenvalue weighted by molar-refractivity contribution is -0.0324. The van der Waals surface area contributed by atoms with E-state index < -0.39 is 0 Å². The number of aliphatic hydroxyl groups excluding tert-OH is 2. The lowest BCUT2D eigenvalue weighted by Gasteiger charge is -2.42. The lowest BCUT2D eigenvalue weighted by atomic mass is 9.66. The van der Waals surface area contributed by atoms with Crippen molar-refractivity contribution in [1.82, 2.24) is 0 Å². The van der Waals surface area contributed by atoms with Gasteiger partial charge < -0.3 is 10.2 Å². The molecule has 0 aromatic carbocycles. The van der Waals surface area contributed by atoms with Crippen molar-refractivity contribution in [3.63, 3.8) is 0 Å². The Bertz CT molecular complexity index is 108. The minimum Gasteiger partial charge on any atom is -0.396 e. The molecule has 2 N–H and O–H groups in total. The third kappa shape index (κ3) is 1.32. The largest absolute Gasteiger partial charge is 0.396 e. The lowest BCUT2D eigenvalue weighted by Crippen LogP contribution is -2.38. The minimum atomic E-state index is -0.286. The molecule has 0 aliphatic heterocycles. The van der Waals surface area contributed by atoms with Gasteiger partial charge in [-0.2, -0.15) is 0 Å². The van der Waals surface area contributed by atoms with Crippen molar-refractivity contribution >= 4 is 0 Å². The van der Waals surface area contributed by atoms with Crippen molar-refractivity contribution in [3.05, 3.63) is 0 Å². The van der Waals surface area contributed by atoms with Crippen molar-refractivity contribution < 1.29 is 10.2 Å². The highest BCUT2D eigenvalue weighted by atomic mass is 16.3. The molecule has 2 heteroatoms. The quantitative estimate of drug-likeness (QED) is 0.618. The van der Waals surface area contributed by atoms with Gasteiger partial charge in [0.25, 0.3) is 0 Å². The molecule has 0 saturated heterocycles. The van der Waals surface area contributed by atoms with Crippen molar-refractivity contribution in [2.75, 3.05) is 6.61 Å². The molecular formula is C8H16O2. The third-order valence-electron chi connectivity index (χ3n) is 2.70. The van der Waals surface area contributed by atoms with E-state index in [-0.39, 0.29) is 18.1 Å². The molecule has 1 fully saturated rings. The Labute approximate surface area is 61.9 Å². The van der Waals surface area contributed by atoms with Crippen molar-refractivity contribution in [2.24, 2.45) is 5.41 Å². The Kier molecular flexibility index (Phi) is 2.32. The molecule has 1 rings (SSSR count). The smallest absolute Gasteiger partial charge is 0.0615 e. The second-order valence-electron chi connectivity index (χ2n) is 3.54. The highest BCUT2D eigenvalue weighted by Gasteiger charge is 2.38. The Morgan fingerprint density at radius 1 is 1.50 bits per heavy atom. The minimum absolute atomic E-state index is 0.108. The van der Waals surface area contributed by atoms with Crippen molar-refractivity contribution in [1.29, 1.82) is 0 Å². The molecule has 1 saturated carbocycles. The first-order chi connectivity index (χ1) is 4.69. The second kappa shape index (κ2) is 2.89. The molecule has 0 bridgehead atoms. The molecule has 0 aromatic rings. The highest BCUT2D eigenvalue weighted by molar-refractivity contribution is 4.89. The number of rotatable bonds is 3. The van der Waals surface area contributed by atoms with Crippen LogP contribution < -0.4 is 0 Å². The molecule has 0 heterocycles. The first kappa shape index (κ1) is 8.02. The fraction of sp³-hybridized carbons (Fsp3) is 1.00. The van der Waals surface area contributed by atoms with Gasteiger partial charge in [0.2, 0.25) is 0 Å². The van der Waals surface area contributed by atoms with Crippen LogP contribution in [-0.2, 0) is 0 Å². The zero-order valence-corrected chi connectivity index (χ0v) is 6.51. The maximum atomic E-state index is 9.47. The van der Waals surface area contributed by atoms with Crippen LogP contribution in [0.1, 0.15) is 32.6 Å². The Morgan fingerprint density at radius 2 is 2.10 bits per heavy atom. The highest BCUT2D eigenvalue weighted by Crippen LogP contribution is 2.44. The first-order valence-electron chi connectivity index (χ1n) is 3.98. The van der Waals surface area contributed by atoms with Crippen LogP contribution in [0.15, 0.2) is 0 Å². The summed E-state index contributed by atoms with van der Waals surface area (Å²) in [4.78, 5) is 0. The van der Waals surface area contributed by atoms with Crippen LogP contribution in [0.3, 0.4) is 0 Å². The topological polar surface area (TPSA) is 40.5 Å². The van der Waals surface area contributed by atoms with Gasteiger partial charge in [-0.05, 0) is 24.7 Å². The van der Waals surface area contributed by atoms with Gasteiger partial charge in [-0.1, -0.05) is 13.3 Å². The van der Waals surface area contributed by atoms with Crippen molar-refractivity contribution in [3.8, 4) is 0 Å². The second-order valence-corrected chi connectivity index (χ2v) is 3.54. The van der Waals surface area contributed by atoms with Crippen LogP contribution >= 0.6 is 0 Å². The van der Waals surface area contributed by atoms with E-state index in [1.807, 2.05) is 0 Å². The van der Waals surface area contributed by atoms with E-state index in [1.165, 1.54) is 6.42 Å². The third-order valence-corrected chi connectivity index (χ3v) is 2.70. The Morgan fingerprint density at radius 3 is 2.40 bits per heavy atom. The summed E-state index contributed by atoms with van der Waals surface area (Å²) in [5, 5.41) is 18.0. The molecule has 0 unspecified atom stereocenters. The van der Waals surface area contributed by atoms with Gasteiger partial charge in [-0.3, -0.25) is 0 Å². The average Bonchev–Trinajstić information content (AvgIpc) is 1.83. The normalized spacial score (nSPS) is 25.5. The molecule has 1 aliphatic carbocycles. The van der Waals surface area contributed by atoms with Gasteiger partial charge in [-0.15, -0.1) is 0 Å². The van der Waals surface area contributed by atoms with Gasteiger partial charge in [0.1, 0.15) is 0 Å². The number of hydrogen-bond acceptors (Lipinski definition) is 2. The van der Waals surface area contributed by atoms with Gasteiger partial charge in [0.05, 0.1) is 6.10 Å². The molecule has 10 heavy (non-hydrogen) atoms. The van der Waals surface area contributed by atoms with Crippen LogP contribution in [-0.4, -0.2) is 22.9 Å².